The molecule has 0 fully saturated rings. The summed E-state index contributed by atoms with van der Waals surface area (Å²) in [6.07, 6.45) is 3.30. The molecule has 2 aromatic heterocycles. The topological polar surface area (TPSA) is 50.8 Å². The fourth-order valence-electron chi connectivity index (χ4n) is 2.62. The number of benzene rings is 1. The van der Waals surface area contributed by atoms with Gasteiger partial charge >= 0.3 is 0 Å². The summed E-state index contributed by atoms with van der Waals surface area (Å²) < 4.78 is 6.26. The molecule has 3 aromatic rings. The van der Waals surface area contributed by atoms with E-state index in [1.54, 1.807) is 18.5 Å². The molecule has 0 spiro atoms. The molecule has 1 N–H and O–H groups in total. The average Bonchev–Trinajstić information content (AvgIpc) is 2.93. The summed E-state index contributed by atoms with van der Waals surface area (Å²) in [5.41, 5.74) is 2.02. The summed E-state index contributed by atoms with van der Waals surface area (Å²) in [6, 6.07) is 9.18. The molecule has 0 aliphatic carbocycles. The van der Waals surface area contributed by atoms with Crippen molar-refractivity contribution in [1.29, 1.82) is 0 Å². The van der Waals surface area contributed by atoms with Gasteiger partial charge in [0.1, 0.15) is 16.9 Å². The number of halogens is 2. The summed E-state index contributed by atoms with van der Waals surface area (Å²) >= 11 is 13.8. The monoisotopic (exact) mass is 407 g/mol. The SMILES string of the molecule is Cc1[nH]nc(Sc2cc(Cl)cc(Cl)c2)c1C(Oc1ccncc1)C(C)C. The van der Waals surface area contributed by atoms with Gasteiger partial charge in [0.15, 0.2) is 0 Å². The predicted molar refractivity (Wildman–Crippen MR) is 106 cm³/mol. The second-order valence-corrected chi connectivity index (χ2v) is 8.18. The van der Waals surface area contributed by atoms with Gasteiger partial charge in [0, 0.05) is 38.6 Å². The molecule has 2 heterocycles. The summed E-state index contributed by atoms with van der Waals surface area (Å²) in [6.45, 7) is 6.26. The van der Waals surface area contributed by atoms with Crippen LogP contribution in [0.25, 0.3) is 0 Å². The van der Waals surface area contributed by atoms with Crippen molar-refractivity contribution in [3.05, 3.63) is 64.0 Å². The van der Waals surface area contributed by atoms with Gasteiger partial charge in [-0.05, 0) is 43.2 Å². The van der Waals surface area contributed by atoms with Crippen molar-refractivity contribution in [3.8, 4) is 5.75 Å². The minimum atomic E-state index is -0.145. The lowest BCUT2D eigenvalue weighted by atomic mass is 9.99. The molecule has 0 saturated carbocycles. The van der Waals surface area contributed by atoms with Crippen molar-refractivity contribution in [3.63, 3.8) is 0 Å². The fraction of sp³-hybridized carbons (Fsp3) is 0.263. The first-order valence-corrected chi connectivity index (χ1v) is 9.76. The van der Waals surface area contributed by atoms with Crippen LogP contribution in [0, 0.1) is 12.8 Å². The van der Waals surface area contributed by atoms with E-state index < -0.39 is 0 Å². The number of ether oxygens (including phenoxy) is 1. The van der Waals surface area contributed by atoms with E-state index in [1.807, 2.05) is 31.2 Å². The summed E-state index contributed by atoms with van der Waals surface area (Å²) in [5.74, 6) is 1.03. The van der Waals surface area contributed by atoms with Gasteiger partial charge in [0.25, 0.3) is 0 Å². The number of aromatic amines is 1. The van der Waals surface area contributed by atoms with Crippen LogP contribution < -0.4 is 4.74 Å². The zero-order valence-corrected chi connectivity index (χ0v) is 17.0. The first-order valence-electron chi connectivity index (χ1n) is 8.19. The first-order chi connectivity index (χ1) is 12.4. The number of aromatic nitrogens is 3. The highest BCUT2D eigenvalue weighted by atomic mass is 35.5. The normalized spacial score (nSPS) is 12.4. The Balaban J connectivity index is 1.94. The molecule has 1 aromatic carbocycles. The van der Waals surface area contributed by atoms with Gasteiger partial charge < -0.3 is 4.74 Å². The average molecular weight is 408 g/mol. The van der Waals surface area contributed by atoms with Crippen LogP contribution in [0.15, 0.2) is 52.6 Å². The highest BCUT2D eigenvalue weighted by Gasteiger charge is 2.26. The molecule has 0 amide bonds. The van der Waals surface area contributed by atoms with Crippen molar-refractivity contribution >= 4 is 35.0 Å². The van der Waals surface area contributed by atoms with Gasteiger partial charge in [-0.25, -0.2) is 0 Å². The lowest BCUT2D eigenvalue weighted by molar-refractivity contribution is 0.150. The highest BCUT2D eigenvalue weighted by Crippen LogP contribution is 2.39. The number of hydrogen-bond donors (Lipinski definition) is 1. The molecule has 3 rings (SSSR count). The van der Waals surface area contributed by atoms with Crippen molar-refractivity contribution in [1.82, 2.24) is 15.2 Å². The van der Waals surface area contributed by atoms with E-state index in [1.165, 1.54) is 11.8 Å². The molecule has 1 unspecified atom stereocenters. The molecule has 0 saturated heterocycles. The number of rotatable bonds is 6. The van der Waals surface area contributed by atoms with E-state index in [9.17, 15) is 0 Å². The Labute approximate surface area is 167 Å². The smallest absolute Gasteiger partial charge is 0.130 e. The second kappa shape index (κ2) is 8.33. The maximum atomic E-state index is 6.26. The van der Waals surface area contributed by atoms with Gasteiger partial charge in [-0.2, -0.15) is 5.10 Å². The Morgan fingerprint density at radius 2 is 1.73 bits per heavy atom. The van der Waals surface area contributed by atoms with Gasteiger partial charge in [-0.1, -0.05) is 48.8 Å². The third-order valence-corrected chi connectivity index (χ3v) is 5.23. The molecule has 7 heteroatoms. The molecule has 0 bridgehead atoms. The minimum absolute atomic E-state index is 0.145. The number of pyridine rings is 1. The molecule has 0 radical (unpaired) electrons. The van der Waals surface area contributed by atoms with Crippen molar-refractivity contribution < 1.29 is 4.74 Å². The minimum Gasteiger partial charge on any atom is -0.485 e. The predicted octanol–water partition coefficient (Wildman–Crippen LogP) is 6.35. The van der Waals surface area contributed by atoms with E-state index >= 15 is 0 Å². The van der Waals surface area contributed by atoms with Crippen molar-refractivity contribution in [2.75, 3.05) is 0 Å². The summed E-state index contributed by atoms with van der Waals surface area (Å²) in [7, 11) is 0. The Bertz CT molecular complexity index is 863. The number of nitrogens with one attached hydrogen (secondary N) is 1. The number of nitrogens with zero attached hydrogens (tertiary/aromatic N) is 2. The highest BCUT2D eigenvalue weighted by molar-refractivity contribution is 7.99. The lowest BCUT2D eigenvalue weighted by Gasteiger charge is -2.23. The van der Waals surface area contributed by atoms with E-state index in [4.69, 9.17) is 27.9 Å². The van der Waals surface area contributed by atoms with Crippen LogP contribution >= 0.6 is 35.0 Å². The van der Waals surface area contributed by atoms with E-state index in [0.29, 0.717) is 10.0 Å². The van der Waals surface area contributed by atoms with Gasteiger partial charge in [-0.3, -0.25) is 10.1 Å². The van der Waals surface area contributed by atoms with Crippen LogP contribution in [-0.4, -0.2) is 15.2 Å². The Morgan fingerprint density at radius 1 is 1.08 bits per heavy atom. The van der Waals surface area contributed by atoms with Gasteiger partial charge in [0.2, 0.25) is 0 Å². The zero-order valence-electron chi connectivity index (χ0n) is 14.7. The molecule has 1 atom stereocenters. The van der Waals surface area contributed by atoms with Crippen LogP contribution in [0.3, 0.4) is 0 Å². The Morgan fingerprint density at radius 3 is 2.35 bits per heavy atom. The van der Waals surface area contributed by atoms with Crippen LogP contribution in [-0.2, 0) is 0 Å². The van der Waals surface area contributed by atoms with Crippen LogP contribution in [0.2, 0.25) is 10.0 Å². The molecule has 26 heavy (non-hydrogen) atoms. The third-order valence-electron chi connectivity index (χ3n) is 3.81. The Kier molecular flexibility index (Phi) is 6.12. The van der Waals surface area contributed by atoms with Crippen molar-refractivity contribution in [2.24, 2.45) is 5.92 Å². The van der Waals surface area contributed by atoms with Crippen LogP contribution in [0.4, 0.5) is 0 Å². The van der Waals surface area contributed by atoms with E-state index in [-0.39, 0.29) is 12.0 Å². The molecule has 0 aliphatic rings. The fourth-order valence-corrected chi connectivity index (χ4v) is 4.34. The molecular weight excluding hydrogens is 389 g/mol. The maximum absolute atomic E-state index is 6.26. The second-order valence-electron chi connectivity index (χ2n) is 6.24. The molecule has 0 aliphatic heterocycles. The zero-order chi connectivity index (χ0) is 18.7. The van der Waals surface area contributed by atoms with E-state index in [0.717, 1.165) is 26.9 Å². The molecule has 4 nitrogen and oxygen atoms in total. The van der Waals surface area contributed by atoms with Crippen LogP contribution in [0.5, 0.6) is 5.75 Å². The lowest BCUT2D eigenvalue weighted by Crippen LogP contribution is -2.15. The summed E-state index contributed by atoms with van der Waals surface area (Å²) in [5, 5.41) is 9.61. The van der Waals surface area contributed by atoms with Crippen LogP contribution in [0.1, 0.15) is 31.2 Å². The largest absolute Gasteiger partial charge is 0.485 e. The maximum Gasteiger partial charge on any atom is 0.130 e. The quantitative estimate of drug-likeness (QED) is 0.517. The molecule has 136 valence electrons. The third kappa shape index (κ3) is 4.53. The standard InChI is InChI=1S/C19H19Cl2N3OS/c1-11(2)18(25-15-4-6-22-7-5-15)17-12(3)23-24-19(17)26-16-9-13(20)8-14(21)10-16/h4-11,18H,1-3H3,(H,23,24). The van der Waals surface area contributed by atoms with Gasteiger partial charge in [-0.15, -0.1) is 0 Å². The summed E-state index contributed by atoms with van der Waals surface area (Å²) in [4.78, 5) is 4.97. The van der Waals surface area contributed by atoms with E-state index in [2.05, 4.69) is 29.0 Å². The first kappa shape index (κ1) is 19.1. The number of aryl methyl sites for hydroxylation is 1. The number of H-pyrrole nitrogens is 1. The van der Waals surface area contributed by atoms with Gasteiger partial charge in [0.05, 0.1) is 0 Å². The Hall–Kier alpha value is -1.69. The molecular formula is C19H19Cl2N3OS. The van der Waals surface area contributed by atoms with Crippen molar-refractivity contribution in [2.45, 2.75) is 36.8 Å². The number of hydrogen-bond acceptors (Lipinski definition) is 4.